The number of rotatable bonds is 12. The fraction of sp³-hybridized carbons (Fsp3) is 0.682. The van der Waals surface area contributed by atoms with Crippen molar-refractivity contribution in [1.29, 1.82) is 0 Å². The molecule has 1 aromatic carbocycles. The van der Waals surface area contributed by atoms with Crippen LogP contribution in [0.1, 0.15) is 69.1 Å². The molecule has 6 heteroatoms. The lowest BCUT2D eigenvalue weighted by molar-refractivity contribution is -0.121. The van der Waals surface area contributed by atoms with Crippen molar-refractivity contribution in [3.8, 4) is 0 Å². The maximum atomic E-state index is 12.4. The van der Waals surface area contributed by atoms with Gasteiger partial charge >= 0.3 is 0 Å². The van der Waals surface area contributed by atoms with Crippen LogP contribution in [0, 0.1) is 26.7 Å². The van der Waals surface area contributed by atoms with E-state index in [9.17, 15) is 13.2 Å². The number of benzene rings is 1. The third kappa shape index (κ3) is 7.82. The highest BCUT2D eigenvalue weighted by molar-refractivity contribution is 7.92. The SMILES string of the molecule is CCCCC(CC)CNC(=O)CCCN(c1c(C)cc(C)cc1C)S(C)(=O)=O. The standard InChI is InChI=1S/C22H38N2O3S/c1-7-9-11-20(8-2)16-23-21(25)12-10-13-24(28(6,26)27)22-18(4)14-17(3)15-19(22)5/h14-15,20H,7-13,16H2,1-6H3,(H,23,25). The Hall–Kier alpha value is -1.56. The molecule has 0 fully saturated rings. The molecule has 0 aliphatic carbocycles. The van der Waals surface area contributed by atoms with Crippen molar-refractivity contribution in [2.75, 3.05) is 23.7 Å². The van der Waals surface area contributed by atoms with Crippen molar-refractivity contribution in [3.05, 3.63) is 28.8 Å². The summed E-state index contributed by atoms with van der Waals surface area (Å²) in [6, 6.07) is 3.99. The van der Waals surface area contributed by atoms with Crippen molar-refractivity contribution in [2.24, 2.45) is 5.92 Å². The lowest BCUT2D eigenvalue weighted by Gasteiger charge is -2.26. The van der Waals surface area contributed by atoms with Crippen LogP contribution in [0.15, 0.2) is 12.1 Å². The second kappa shape index (κ2) is 11.4. The van der Waals surface area contributed by atoms with E-state index in [2.05, 4.69) is 19.2 Å². The zero-order valence-corrected chi connectivity index (χ0v) is 19.3. The van der Waals surface area contributed by atoms with Crippen LogP contribution in [0.2, 0.25) is 0 Å². The Morgan fingerprint density at radius 2 is 1.71 bits per heavy atom. The first kappa shape index (κ1) is 24.5. The van der Waals surface area contributed by atoms with Crippen molar-refractivity contribution in [1.82, 2.24) is 5.32 Å². The van der Waals surface area contributed by atoms with Crippen molar-refractivity contribution >= 4 is 21.6 Å². The van der Waals surface area contributed by atoms with Gasteiger partial charge in [0.25, 0.3) is 0 Å². The number of carbonyl (C=O) groups excluding carboxylic acids is 1. The number of hydrogen-bond donors (Lipinski definition) is 1. The van der Waals surface area contributed by atoms with Crippen LogP contribution in [-0.2, 0) is 14.8 Å². The van der Waals surface area contributed by atoms with Crippen LogP contribution in [0.25, 0.3) is 0 Å². The maximum Gasteiger partial charge on any atom is 0.232 e. The van der Waals surface area contributed by atoms with Gasteiger partial charge < -0.3 is 5.32 Å². The smallest absolute Gasteiger partial charge is 0.232 e. The lowest BCUT2D eigenvalue weighted by Crippen LogP contribution is -2.34. The second-order valence-electron chi connectivity index (χ2n) is 7.91. The van der Waals surface area contributed by atoms with Gasteiger partial charge in [0.15, 0.2) is 0 Å². The summed E-state index contributed by atoms with van der Waals surface area (Å²) in [7, 11) is -3.41. The van der Waals surface area contributed by atoms with Gasteiger partial charge in [0.2, 0.25) is 15.9 Å². The van der Waals surface area contributed by atoms with Gasteiger partial charge in [-0.15, -0.1) is 0 Å². The minimum atomic E-state index is -3.41. The molecule has 1 rings (SSSR count). The molecule has 160 valence electrons. The quantitative estimate of drug-likeness (QED) is 0.552. The molecule has 0 aliphatic rings. The third-order valence-electron chi connectivity index (χ3n) is 5.18. The topological polar surface area (TPSA) is 66.5 Å². The van der Waals surface area contributed by atoms with Crippen molar-refractivity contribution < 1.29 is 13.2 Å². The van der Waals surface area contributed by atoms with Crippen LogP contribution in [0.4, 0.5) is 5.69 Å². The van der Waals surface area contributed by atoms with Crippen LogP contribution < -0.4 is 9.62 Å². The Balaban J connectivity index is 2.68. The van der Waals surface area contributed by atoms with Gasteiger partial charge in [-0.05, 0) is 50.7 Å². The zero-order chi connectivity index (χ0) is 21.3. The number of hydrogen-bond acceptors (Lipinski definition) is 3. The summed E-state index contributed by atoms with van der Waals surface area (Å²) in [5, 5.41) is 3.02. The number of carbonyl (C=O) groups is 1. The minimum Gasteiger partial charge on any atom is -0.356 e. The van der Waals surface area contributed by atoms with Crippen LogP contribution in [-0.4, -0.2) is 33.7 Å². The van der Waals surface area contributed by atoms with E-state index in [1.807, 2.05) is 32.9 Å². The van der Waals surface area contributed by atoms with E-state index in [1.54, 1.807) is 0 Å². The normalized spacial score (nSPS) is 12.6. The van der Waals surface area contributed by atoms with Gasteiger partial charge in [0, 0.05) is 19.5 Å². The summed E-state index contributed by atoms with van der Waals surface area (Å²) in [5.41, 5.74) is 3.72. The molecule has 28 heavy (non-hydrogen) atoms. The molecule has 0 saturated heterocycles. The third-order valence-corrected chi connectivity index (χ3v) is 6.35. The molecule has 0 heterocycles. The molecule has 0 radical (unpaired) electrons. The van der Waals surface area contributed by atoms with E-state index >= 15 is 0 Å². The molecule has 0 spiro atoms. The summed E-state index contributed by atoms with van der Waals surface area (Å²) in [6.07, 6.45) is 6.62. The van der Waals surface area contributed by atoms with E-state index in [4.69, 9.17) is 0 Å². The highest BCUT2D eigenvalue weighted by atomic mass is 32.2. The molecule has 1 unspecified atom stereocenters. The average molecular weight is 411 g/mol. The fourth-order valence-corrected chi connectivity index (χ4v) is 4.76. The van der Waals surface area contributed by atoms with Crippen LogP contribution in [0.3, 0.4) is 0 Å². The van der Waals surface area contributed by atoms with Crippen molar-refractivity contribution in [2.45, 2.75) is 73.1 Å². The van der Waals surface area contributed by atoms with Crippen LogP contribution >= 0.6 is 0 Å². The van der Waals surface area contributed by atoms with E-state index in [-0.39, 0.29) is 5.91 Å². The molecule has 1 atom stereocenters. The molecule has 0 bridgehead atoms. The largest absolute Gasteiger partial charge is 0.356 e. The minimum absolute atomic E-state index is 0.000694. The monoisotopic (exact) mass is 410 g/mol. The molecule has 0 saturated carbocycles. The summed E-state index contributed by atoms with van der Waals surface area (Å²) < 4.78 is 26.2. The van der Waals surface area contributed by atoms with E-state index in [0.717, 1.165) is 35.2 Å². The average Bonchev–Trinajstić information content (AvgIpc) is 2.58. The zero-order valence-electron chi connectivity index (χ0n) is 18.5. The van der Waals surface area contributed by atoms with E-state index in [0.29, 0.717) is 31.8 Å². The molecule has 1 N–H and O–H groups in total. The highest BCUT2D eigenvalue weighted by Crippen LogP contribution is 2.28. The number of nitrogens with zero attached hydrogens (tertiary/aromatic N) is 1. The Morgan fingerprint density at radius 3 is 2.21 bits per heavy atom. The Kier molecular flexibility index (Phi) is 10.0. The number of amides is 1. The van der Waals surface area contributed by atoms with Crippen LogP contribution in [0.5, 0.6) is 0 Å². The molecule has 5 nitrogen and oxygen atoms in total. The molecular weight excluding hydrogens is 372 g/mol. The Labute approximate surface area is 172 Å². The number of aryl methyl sites for hydroxylation is 3. The summed E-state index contributed by atoms with van der Waals surface area (Å²) >= 11 is 0. The first-order valence-corrected chi connectivity index (χ1v) is 12.3. The summed E-state index contributed by atoms with van der Waals surface area (Å²) in [5.74, 6) is 0.523. The van der Waals surface area contributed by atoms with Gasteiger partial charge in [0.1, 0.15) is 0 Å². The maximum absolute atomic E-state index is 12.4. The molecule has 1 aromatic rings. The van der Waals surface area contributed by atoms with E-state index < -0.39 is 10.0 Å². The first-order valence-electron chi connectivity index (χ1n) is 10.4. The Bertz CT molecular complexity index is 721. The highest BCUT2D eigenvalue weighted by Gasteiger charge is 2.21. The van der Waals surface area contributed by atoms with Crippen molar-refractivity contribution in [3.63, 3.8) is 0 Å². The molecule has 1 amide bonds. The first-order chi connectivity index (χ1) is 13.1. The van der Waals surface area contributed by atoms with Gasteiger partial charge in [-0.2, -0.15) is 0 Å². The summed E-state index contributed by atoms with van der Waals surface area (Å²) in [6.45, 7) is 11.2. The molecule has 0 aliphatic heterocycles. The molecular formula is C22H38N2O3S. The van der Waals surface area contributed by atoms with Gasteiger partial charge in [-0.25, -0.2) is 8.42 Å². The van der Waals surface area contributed by atoms with Gasteiger partial charge in [-0.1, -0.05) is 50.8 Å². The van der Waals surface area contributed by atoms with E-state index in [1.165, 1.54) is 23.4 Å². The second-order valence-corrected chi connectivity index (χ2v) is 9.81. The molecule has 0 aromatic heterocycles. The predicted molar refractivity (Wildman–Crippen MR) is 118 cm³/mol. The predicted octanol–water partition coefficient (Wildman–Crippen LogP) is 4.49. The number of nitrogens with one attached hydrogen (secondary N) is 1. The fourth-order valence-electron chi connectivity index (χ4n) is 3.68. The lowest BCUT2D eigenvalue weighted by atomic mass is 9.99. The number of sulfonamides is 1. The number of anilines is 1. The summed E-state index contributed by atoms with van der Waals surface area (Å²) in [4.78, 5) is 12.2. The Morgan fingerprint density at radius 1 is 1.11 bits per heavy atom. The van der Waals surface area contributed by atoms with Gasteiger partial charge in [0.05, 0.1) is 11.9 Å². The number of unbranched alkanes of at least 4 members (excludes halogenated alkanes) is 1. The van der Waals surface area contributed by atoms with Gasteiger partial charge in [-0.3, -0.25) is 9.10 Å².